The van der Waals surface area contributed by atoms with Crippen LogP contribution in [0.3, 0.4) is 0 Å². The molecule has 0 bridgehead atoms. The Kier molecular flexibility index (Phi) is 3.14. The Bertz CT molecular complexity index is 531. The number of aldehydes is 1. The Labute approximate surface area is 99.2 Å². The zero-order valence-corrected chi connectivity index (χ0v) is 9.69. The Morgan fingerprint density at radius 3 is 2.53 bits per heavy atom. The van der Waals surface area contributed by atoms with Crippen molar-refractivity contribution < 1.29 is 14.3 Å². The number of ether oxygens (including phenoxy) is 2. The molecule has 1 N–H and O–H groups in total. The lowest BCUT2D eigenvalue weighted by Gasteiger charge is -2.09. The molecule has 0 fully saturated rings. The van der Waals surface area contributed by atoms with E-state index in [0.717, 1.165) is 29.0 Å². The third-order valence-corrected chi connectivity index (χ3v) is 2.53. The van der Waals surface area contributed by atoms with Gasteiger partial charge in [-0.3, -0.25) is 4.79 Å². The average Bonchev–Trinajstić information content (AvgIpc) is 2.86. The van der Waals surface area contributed by atoms with Gasteiger partial charge in [0.25, 0.3) is 0 Å². The molecule has 4 nitrogen and oxygen atoms in total. The number of carbonyl (C=O) groups is 1. The first-order valence-corrected chi connectivity index (χ1v) is 5.15. The fraction of sp³-hybridized carbons (Fsp3) is 0.154. The van der Waals surface area contributed by atoms with Crippen molar-refractivity contribution in [3.63, 3.8) is 0 Å². The van der Waals surface area contributed by atoms with Crippen molar-refractivity contribution in [2.24, 2.45) is 0 Å². The summed E-state index contributed by atoms with van der Waals surface area (Å²) in [7, 11) is 3.21. The molecule has 1 aromatic heterocycles. The van der Waals surface area contributed by atoms with Crippen molar-refractivity contribution in [3.8, 4) is 22.8 Å². The van der Waals surface area contributed by atoms with E-state index in [1.54, 1.807) is 20.3 Å². The van der Waals surface area contributed by atoms with Gasteiger partial charge in [-0.15, -0.1) is 0 Å². The molecule has 17 heavy (non-hydrogen) atoms. The van der Waals surface area contributed by atoms with Gasteiger partial charge in [-0.2, -0.15) is 0 Å². The number of H-pyrrole nitrogens is 1. The summed E-state index contributed by atoms with van der Waals surface area (Å²) in [5.41, 5.74) is 2.22. The quantitative estimate of drug-likeness (QED) is 0.822. The molecular weight excluding hydrogens is 218 g/mol. The second kappa shape index (κ2) is 4.74. The minimum Gasteiger partial charge on any atom is -0.497 e. The molecule has 2 rings (SSSR count). The maximum absolute atomic E-state index is 10.6. The van der Waals surface area contributed by atoms with Crippen molar-refractivity contribution in [3.05, 3.63) is 36.0 Å². The number of benzene rings is 1. The fourth-order valence-corrected chi connectivity index (χ4v) is 1.66. The van der Waals surface area contributed by atoms with E-state index in [0.29, 0.717) is 5.69 Å². The predicted octanol–water partition coefficient (Wildman–Crippen LogP) is 2.51. The molecule has 0 amide bonds. The van der Waals surface area contributed by atoms with Crippen LogP contribution in [0.1, 0.15) is 10.5 Å². The third-order valence-electron chi connectivity index (χ3n) is 2.53. The summed E-state index contributed by atoms with van der Waals surface area (Å²) in [6.45, 7) is 0. The molecular formula is C13H13NO3. The predicted molar refractivity (Wildman–Crippen MR) is 64.7 cm³/mol. The van der Waals surface area contributed by atoms with Crippen LogP contribution in [0.2, 0.25) is 0 Å². The molecule has 4 heteroatoms. The second-order valence-corrected chi connectivity index (χ2v) is 3.51. The van der Waals surface area contributed by atoms with E-state index in [-0.39, 0.29) is 0 Å². The van der Waals surface area contributed by atoms with Gasteiger partial charge in [-0.05, 0) is 30.3 Å². The van der Waals surface area contributed by atoms with Crippen LogP contribution in [-0.2, 0) is 0 Å². The summed E-state index contributed by atoms with van der Waals surface area (Å²) in [6.07, 6.45) is 0.774. The van der Waals surface area contributed by atoms with Crippen LogP contribution in [0.25, 0.3) is 11.3 Å². The summed E-state index contributed by atoms with van der Waals surface area (Å²) in [6, 6.07) is 9.07. The summed E-state index contributed by atoms with van der Waals surface area (Å²) >= 11 is 0. The highest BCUT2D eigenvalue weighted by Gasteiger charge is 2.09. The summed E-state index contributed by atoms with van der Waals surface area (Å²) in [5.74, 6) is 1.47. The lowest BCUT2D eigenvalue weighted by molar-refractivity contribution is 0.111. The molecule has 0 atom stereocenters. The zero-order valence-electron chi connectivity index (χ0n) is 9.69. The van der Waals surface area contributed by atoms with E-state index >= 15 is 0 Å². The number of hydrogen-bond acceptors (Lipinski definition) is 3. The van der Waals surface area contributed by atoms with Gasteiger partial charge >= 0.3 is 0 Å². The zero-order chi connectivity index (χ0) is 12.3. The Morgan fingerprint density at radius 2 is 1.94 bits per heavy atom. The van der Waals surface area contributed by atoms with Gasteiger partial charge in [0.15, 0.2) is 6.29 Å². The Balaban J connectivity index is 2.51. The molecule has 0 aliphatic heterocycles. The highest BCUT2D eigenvalue weighted by molar-refractivity contribution is 5.77. The van der Waals surface area contributed by atoms with Gasteiger partial charge < -0.3 is 14.5 Å². The number of nitrogens with one attached hydrogen (secondary N) is 1. The number of carbonyl (C=O) groups excluding carboxylic acids is 1. The van der Waals surface area contributed by atoms with Gasteiger partial charge in [0, 0.05) is 11.3 Å². The van der Waals surface area contributed by atoms with Gasteiger partial charge in [0.2, 0.25) is 0 Å². The van der Waals surface area contributed by atoms with Crippen LogP contribution in [0.5, 0.6) is 11.5 Å². The Hall–Kier alpha value is -2.23. The van der Waals surface area contributed by atoms with Crippen molar-refractivity contribution in [1.82, 2.24) is 4.98 Å². The molecule has 1 heterocycles. The first-order valence-electron chi connectivity index (χ1n) is 5.15. The van der Waals surface area contributed by atoms with E-state index in [2.05, 4.69) is 4.98 Å². The minimum absolute atomic E-state index is 0.532. The molecule has 0 saturated heterocycles. The number of methoxy groups -OCH3 is 2. The van der Waals surface area contributed by atoms with Crippen LogP contribution < -0.4 is 9.47 Å². The van der Waals surface area contributed by atoms with Gasteiger partial charge in [0.1, 0.15) is 11.5 Å². The molecule has 0 aliphatic rings. The van der Waals surface area contributed by atoms with E-state index in [1.165, 1.54) is 0 Å². The summed E-state index contributed by atoms with van der Waals surface area (Å²) < 4.78 is 10.4. The van der Waals surface area contributed by atoms with Crippen molar-refractivity contribution in [2.45, 2.75) is 0 Å². The van der Waals surface area contributed by atoms with Crippen LogP contribution in [-0.4, -0.2) is 25.5 Å². The monoisotopic (exact) mass is 231 g/mol. The maximum atomic E-state index is 10.6. The molecule has 0 spiro atoms. The highest BCUT2D eigenvalue weighted by atomic mass is 16.5. The summed E-state index contributed by atoms with van der Waals surface area (Å²) in [4.78, 5) is 13.6. The number of aromatic nitrogens is 1. The molecule has 2 aromatic rings. The smallest absolute Gasteiger partial charge is 0.166 e. The standard InChI is InChI=1S/C13H13NO3/c1-16-10-4-6-13(17-2)11(7-10)12-5-3-9(8-15)14-12/h3-8,14H,1-2H3. The lowest BCUT2D eigenvalue weighted by atomic mass is 10.1. The SMILES string of the molecule is COc1ccc(OC)c(-c2ccc(C=O)[nH]2)c1. The molecule has 0 unspecified atom stereocenters. The fourth-order valence-electron chi connectivity index (χ4n) is 1.66. The van der Waals surface area contributed by atoms with Crippen molar-refractivity contribution >= 4 is 6.29 Å². The normalized spacial score (nSPS) is 10.0. The maximum Gasteiger partial charge on any atom is 0.166 e. The number of hydrogen-bond donors (Lipinski definition) is 1. The molecule has 88 valence electrons. The minimum atomic E-state index is 0.532. The first-order chi connectivity index (χ1) is 8.28. The second-order valence-electron chi connectivity index (χ2n) is 3.51. The van der Waals surface area contributed by atoms with Crippen LogP contribution in [0.15, 0.2) is 30.3 Å². The van der Waals surface area contributed by atoms with E-state index < -0.39 is 0 Å². The topological polar surface area (TPSA) is 51.3 Å². The van der Waals surface area contributed by atoms with Gasteiger partial charge in [0.05, 0.1) is 19.9 Å². The third kappa shape index (κ3) is 2.15. The number of aromatic amines is 1. The van der Waals surface area contributed by atoms with Crippen LogP contribution in [0.4, 0.5) is 0 Å². The van der Waals surface area contributed by atoms with E-state index in [4.69, 9.17) is 9.47 Å². The van der Waals surface area contributed by atoms with Crippen LogP contribution >= 0.6 is 0 Å². The number of rotatable bonds is 4. The summed E-state index contributed by atoms with van der Waals surface area (Å²) in [5, 5.41) is 0. The Morgan fingerprint density at radius 1 is 1.12 bits per heavy atom. The van der Waals surface area contributed by atoms with Crippen LogP contribution in [0, 0.1) is 0 Å². The molecule has 0 aliphatic carbocycles. The van der Waals surface area contributed by atoms with E-state index in [9.17, 15) is 4.79 Å². The molecule has 0 saturated carbocycles. The highest BCUT2D eigenvalue weighted by Crippen LogP contribution is 2.32. The van der Waals surface area contributed by atoms with Gasteiger partial charge in [-0.25, -0.2) is 0 Å². The van der Waals surface area contributed by atoms with Gasteiger partial charge in [-0.1, -0.05) is 0 Å². The molecule has 0 radical (unpaired) electrons. The van der Waals surface area contributed by atoms with Crippen molar-refractivity contribution in [2.75, 3.05) is 14.2 Å². The first kappa shape index (κ1) is 11.3. The van der Waals surface area contributed by atoms with Crippen molar-refractivity contribution in [1.29, 1.82) is 0 Å². The average molecular weight is 231 g/mol. The molecule has 1 aromatic carbocycles. The largest absolute Gasteiger partial charge is 0.497 e. The lowest BCUT2D eigenvalue weighted by Crippen LogP contribution is -1.90. The van der Waals surface area contributed by atoms with E-state index in [1.807, 2.05) is 24.3 Å².